The van der Waals surface area contributed by atoms with Crippen LogP contribution in [0, 0.1) is 11.3 Å². The number of carboxylic acids is 1. The average Bonchev–Trinajstić information content (AvgIpc) is 2.89. The van der Waals surface area contributed by atoms with E-state index in [2.05, 4.69) is 5.32 Å². The van der Waals surface area contributed by atoms with Crippen LogP contribution in [0.5, 0.6) is 0 Å². The molecule has 1 unspecified atom stereocenters. The summed E-state index contributed by atoms with van der Waals surface area (Å²) in [4.78, 5) is 37.3. The fourth-order valence-corrected chi connectivity index (χ4v) is 2.75. The molecule has 0 saturated carbocycles. The zero-order valence-corrected chi connectivity index (χ0v) is 14.8. The lowest BCUT2D eigenvalue weighted by molar-refractivity contribution is -0.146. The lowest BCUT2D eigenvalue weighted by Crippen LogP contribution is -2.43. The van der Waals surface area contributed by atoms with Gasteiger partial charge in [-0.15, -0.1) is 0 Å². The number of carbonyl (C=O) groups is 3. The zero-order chi connectivity index (χ0) is 18.1. The molecule has 0 aromatic heterocycles. The summed E-state index contributed by atoms with van der Waals surface area (Å²) < 4.78 is 0. The van der Waals surface area contributed by atoms with Gasteiger partial charge in [0.1, 0.15) is 5.92 Å². The quantitative estimate of drug-likeness (QED) is 0.777. The van der Waals surface area contributed by atoms with Crippen molar-refractivity contribution in [3.05, 3.63) is 28.2 Å². The molecule has 2 rings (SSSR count). The van der Waals surface area contributed by atoms with Crippen LogP contribution in [-0.2, 0) is 14.4 Å². The van der Waals surface area contributed by atoms with Crippen LogP contribution in [0.4, 0.5) is 5.69 Å². The van der Waals surface area contributed by atoms with Crippen molar-refractivity contribution in [2.75, 3.05) is 18.0 Å². The van der Waals surface area contributed by atoms with Crippen LogP contribution in [0.2, 0.25) is 10.0 Å². The largest absolute Gasteiger partial charge is 0.481 e. The molecule has 0 bridgehead atoms. The third kappa shape index (κ3) is 3.82. The van der Waals surface area contributed by atoms with Gasteiger partial charge in [0.2, 0.25) is 11.8 Å². The van der Waals surface area contributed by atoms with Crippen LogP contribution in [0.3, 0.4) is 0 Å². The number of halogens is 2. The van der Waals surface area contributed by atoms with Crippen molar-refractivity contribution in [2.45, 2.75) is 20.3 Å². The Hall–Kier alpha value is -1.79. The third-order valence-electron chi connectivity index (χ3n) is 4.00. The first-order valence-electron chi connectivity index (χ1n) is 7.41. The monoisotopic (exact) mass is 372 g/mol. The molecule has 1 saturated heterocycles. The van der Waals surface area contributed by atoms with Crippen LogP contribution < -0.4 is 10.2 Å². The molecule has 1 aliphatic rings. The van der Waals surface area contributed by atoms with Crippen LogP contribution in [0.1, 0.15) is 20.3 Å². The number of hydrogen-bond acceptors (Lipinski definition) is 3. The first-order chi connectivity index (χ1) is 11.1. The smallest absolute Gasteiger partial charge is 0.310 e. The molecule has 1 heterocycles. The summed E-state index contributed by atoms with van der Waals surface area (Å²) in [6.45, 7) is 3.30. The second-order valence-electron chi connectivity index (χ2n) is 6.33. The summed E-state index contributed by atoms with van der Waals surface area (Å²) in [6, 6.07) is 4.79. The number of amides is 2. The first kappa shape index (κ1) is 18.5. The third-order valence-corrected chi connectivity index (χ3v) is 4.56. The van der Waals surface area contributed by atoms with E-state index in [1.807, 2.05) is 0 Å². The van der Waals surface area contributed by atoms with Gasteiger partial charge in [-0.2, -0.15) is 0 Å². The predicted molar refractivity (Wildman–Crippen MR) is 91.3 cm³/mol. The number of anilines is 1. The zero-order valence-electron chi connectivity index (χ0n) is 13.3. The highest BCUT2D eigenvalue weighted by molar-refractivity contribution is 6.36. The topological polar surface area (TPSA) is 86.7 Å². The summed E-state index contributed by atoms with van der Waals surface area (Å²) in [6.07, 6.45) is 0.334. The van der Waals surface area contributed by atoms with Gasteiger partial charge < -0.3 is 15.3 Å². The number of carboxylic acid groups (broad SMARTS) is 1. The van der Waals surface area contributed by atoms with Gasteiger partial charge in [-0.25, -0.2) is 0 Å². The molecule has 0 aliphatic carbocycles. The summed E-state index contributed by atoms with van der Waals surface area (Å²) >= 11 is 12.0. The van der Waals surface area contributed by atoms with Crippen molar-refractivity contribution in [2.24, 2.45) is 11.3 Å². The Labute approximate surface area is 149 Å². The molecular weight excluding hydrogens is 355 g/mol. The number of aliphatic carboxylic acids is 1. The molecule has 1 aliphatic heterocycles. The van der Waals surface area contributed by atoms with Crippen LogP contribution >= 0.6 is 23.2 Å². The summed E-state index contributed by atoms with van der Waals surface area (Å²) in [5.41, 5.74) is -0.636. The molecule has 1 fully saturated rings. The lowest BCUT2D eigenvalue weighted by Gasteiger charge is -2.21. The van der Waals surface area contributed by atoms with E-state index in [1.165, 1.54) is 18.7 Å². The van der Waals surface area contributed by atoms with Gasteiger partial charge in [0, 0.05) is 18.1 Å². The number of carbonyl (C=O) groups excluding carboxylic acids is 2. The Kier molecular flexibility index (Phi) is 5.40. The Morgan fingerprint density at radius 3 is 2.67 bits per heavy atom. The van der Waals surface area contributed by atoms with E-state index in [0.717, 1.165) is 0 Å². The SMILES string of the molecule is CC(C)(CNC(=O)C1CCN(c2cc(Cl)ccc2Cl)C1=O)C(=O)O. The van der Waals surface area contributed by atoms with Crippen molar-refractivity contribution >= 4 is 46.7 Å². The van der Waals surface area contributed by atoms with Gasteiger partial charge in [-0.3, -0.25) is 14.4 Å². The molecular formula is C16H18Cl2N2O4. The predicted octanol–water partition coefficient (Wildman–Crippen LogP) is 2.57. The van der Waals surface area contributed by atoms with Gasteiger partial charge in [0.15, 0.2) is 0 Å². The van der Waals surface area contributed by atoms with Crippen molar-refractivity contribution in [1.82, 2.24) is 5.32 Å². The Balaban J connectivity index is 2.07. The molecule has 1 atom stereocenters. The summed E-state index contributed by atoms with van der Waals surface area (Å²) in [7, 11) is 0. The van der Waals surface area contributed by atoms with Gasteiger partial charge in [0.05, 0.1) is 16.1 Å². The Morgan fingerprint density at radius 2 is 2.04 bits per heavy atom. The maximum Gasteiger partial charge on any atom is 0.310 e. The lowest BCUT2D eigenvalue weighted by atomic mass is 9.93. The van der Waals surface area contributed by atoms with E-state index in [0.29, 0.717) is 28.7 Å². The standard InChI is InChI=1S/C16H18Cl2N2O4/c1-16(2,15(23)24)8-19-13(21)10-5-6-20(14(10)22)12-7-9(17)3-4-11(12)18/h3-4,7,10H,5-6,8H2,1-2H3,(H,19,21)(H,23,24). The molecule has 8 heteroatoms. The molecule has 24 heavy (non-hydrogen) atoms. The van der Waals surface area contributed by atoms with E-state index < -0.39 is 23.2 Å². The van der Waals surface area contributed by atoms with E-state index >= 15 is 0 Å². The minimum Gasteiger partial charge on any atom is -0.481 e. The summed E-state index contributed by atoms with van der Waals surface area (Å²) in [5.74, 6) is -2.72. The second-order valence-corrected chi connectivity index (χ2v) is 7.18. The van der Waals surface area contributed by atoms with Crippen molar-refractivity contribution < 1.29 is 19.5 Å². The Bertz CT molecular complexity index is 691. The minimum atomic E-state index is -1.10. The van der Waals surface area contributed by atoms with Gasteiger partial charge in [-0.05, 0) is 38.5 Å². The number of nitrogens with zero attached hydrogens (tertiary/aromatic N) is 1. The fourth-order valence-electron chi connectivity index (χ4n) is 2.36. The normalized spacial score (nSPS) is 17.9. The highest BCUT2D eigenvalue weighted by Gasteiger charge is 2.39. The van der Waals surface area contributed by atoms with E-state index in [1.54, 1.807) is 18.2 Å². The summed E-state index contributed by atoms with van der Waals surface area (Å²) in [5, 5.41) is 12.4. The fraction of sp³-hybridized carbons (Fsp3) is 0.438. The van der Waals surface area contributed by atoms with Crippen molar-refractivity contribution in [1.29, 1.82) is 0 Å². The molecule has 0 radical (unpaired) electrons. The second kappa shape index (κ2) is 6.99. The molecule has 0 spiro atoms. The molecule has 2 N–H and O–H groups in total. The Morgan fingerprint density at radius 1 is 1.38 bits per heavy atom. The number of hydrogen-bond donors (Lipinski definition) is 2. The maximum absolute atomic E-state index is 12.5. The van der Waals surface area contributed by atoms with Crippen LogP contribution in [0.15, 0.2) is 18.2 Å². The van der Waals surface area contributed by atoms with Gasteiger partial charge >= 0.3 is 5.97 Å². The molecule has 1 aromatic rings. The molecule has 2 amide bonds. The number of nitrogens with one attached hydrogen (secondary N) is 1. The van der Waals surface area contributed by atoms with E-state index in [-0.39, 0.29) is 12.5 Å². The molecule has 6 nitrogen and oxygen atoms in total. The minimum absolute atomic E-state index is 0.0527. The van der Waals surface area contributed by atoms with Crippen LogP contribution in [0.25, 0.3) is 0 Å². The highest BCUT2D eigenvalue weighted by Crippen LogP contribution is 2.33. The van der Waals surface area contributed by atoms with Gasteiger partial charge in [-0.1, -0.05) is 23.2 Å². The average molecular weight is 373 g/mol. The molecule has 1 aromatic carbocycles. The van der Waals surface area contributed by atoms with Crippen molar-refractivity contribution in [3.63, 3.8) is 0 Å². The van der Waals surface area contributed by atoms with E-state index in [9.17, 15) is 14.4 Å². The highest BCUT2D eigenvalue weighted by atomic mass is 35.5. The van der Waals surface area contributed by atoms with Crippen LogP contribution in [-0.4, -0.2) is 36.0 Å². The van der Waals surface area contributed by atoms with Gasteiger partial charge in [0.25, 0.3) is 0 Å². The maximum atomic E-state index is 12.5. The first-order valence-corrected chi connectivity index (χ1v) is 8.16. The number of rotatable bonds is 5. The number of benzene rings is 1. The van der Waals surface area contributed by atoms with Crippen molar-refractivity contribution in [3.8, 4) is 0 Å². The van der Waals surface area contributed by atoms with E-state index in [4.69, 9.17) is 28.3 Å². The molecule has 130 valence electrons.